The average molecular weight is 390 g/mol. The number of benzene rings is 2. The largest absolute Gasteiger partial charge is 0.455 e. The number of alkyl halides is 3. The molecule has 0 spiro atoms. The van der Waals surface area contributed by atoms with Crippen molar-refractivity contribution < 1.29 is 31.9 Å². The first-order valence-corrected chi connectivity index (χ1v) is 7.59. The number of esters is 1. The Balaban J connectivity index is 1.89. The van der Waals surface area contributed by atoms with Crippen molar-refractivity contribution in [2.75, 3.05) is 11.9 Å². The molecule has 26 heavy (non-hydrogen) atoms. The second-order valence-corrected chi connectivity index (χ2v) is 5.61. The topological polar surface area (TPSA) is 55.4 Å². The fourth-order valence-electron chi connectivity index (χ4n) is 1.98. The van der Waals surface area contributed by atoms with E-state index >= 15 is 0 Å². The van der Waals surface area contributed by atoms with Gasteiger partial charge in [-0.15, -0.1) is 0 Å². The average Bonchev–Trinajstić information content (AvgIpc) is 2.56. The summed E-state index contributed by atoms with van der Waals surface area (Å²) in [6.45, 7) is -0.677. The van der Waals surface area contributed by atoms with Crippen molar-refractivity contribution in [3.8, 4) is 0 Å². The van der Waals surface area contributed by atoms with Crippen LogP contribution in [0.4, 0.5) is 23.2 Å². The van der Waals surface area contributed by atoms with E-state index in [0.717, 1.165) is 6.07 Å². The number of carbonyl (C=O) groups is 2. The van der Waals surface area contributed by atoms with E-state index in [0.29, 0.717) is 11.6 Å². The van der Waals surface area contributed by atoms with E-state index < -0.39 is 41.1 Å². The van der Waals surface area contributed by atoms with Crippen LogP contribution in [0.5, 0.6) is 0 Å². The molecule has 1 N–H and O–H groups in total. The number of anilines is 1. The van der Waals surface area contributed by atoms with E-state index in [2.05, 4.69) is 5.32 Å². The number of nitrogens with one attached hydrogen (secondary N) is 1. The minimum absolute atomic E-state index is 0.138. The molecule has 0 unspecified atom stereocenters. The van der Waals surface area contributed by atoms with Gasteiger partial charge in [0, 0.05) is 5.69 Å². The molecule has 0 bridgehead atoms. The van der Waals surface area contributed by atoms with Gasteiger partial charge < -0.3 is 10.1 Å². The number of hydrogen-bond acceptors (Lipinski definition) is 3. The van der Waals surface area contributed by atoms with Gasteiger partial charge in [-0.2, -0.15) is 13.2 Å². The molecule has 0 fully saturated rings. The maximum atomic E-state index is 12.8. The highest BCUT2D eigenvalue weighted by molar-refractivity contribution is 6.31. The molecule has 0 aliphatic rings. The van der Waals surface area contributed by atoms with Gasteiger partial charge in [-0.05, 0) is 35.9 Å². The number of amides is 1. The molecule has 0 aliphatic carbocycles. The van der Waals surface area contributed by atoms with Crippen LogP contribution < -0.4 is 5.32 Å². The first-order valence-electron chi connectivity index (χ1n) is 7.22. The third kappa shape index (κ3) is 5.73. The first kappa shape index (κ1) is 19.7. The molecule has 138 valence electrons. The number of halogens is 5. The van der Waals surface area contributed by atoms with Gasteiger partial charge in [0.15, 0.2) is 6.61 Å². The highest BCUT2D eigenvalue weighted by Crippen LogP contribution is 2.36. The van der Waals surface area contributed by atoms with Crippen molar-refractivity contribution in [3.63, 3.8) is 0 Å². The van der Waals surface area contributed by atoms with Crippen LogP contribution in [0, 0.1) is 5.82 Å². The Morgan fingerprint density at radius 1 is 1.08 bits per heavy atom. The zero-order valence-electron chi connectivity index (χ0n) is 13.1. The van der Waals surface area contributed by atoms with Crippen LogP contribution in [0.2, 0.25) is 5.02 Å². The standard InChI is InChI=1S/C17H12ClF4NO3/c18-14-6-5-12(8-13(14)17(20,21)22)23-15(24)9-26-16(25)7-10-1-3-11(19)4-2-10/h1-6,8H,7,9H2,(H,23,24). The van der Waals surface area contributed by atoms with Gasteiger partial charge in [-0.25, -0.2) is 4.39 Å². The molecule has 2 aromatic rings. The van der Waals surface area contributed by atoms with Crippen LogP contribution >= 0.6 is 11.6 Å². The Morgan fingerprint density at radius 2 is 1.73 bits per heavy atom. The minimum Gasteiger partial charge on any atom is -0.455 e. The molecule has 0 atom stereocenters. The summed E-state index contributed by atoms with van der Waals surface area (Å²) in [7, 11) is 0. The fourth-order valence-corrected chi connectivity index (χ4v) is 2.21. The monoisotopic (exact) mass is 389 g/mol. The Kier molecular flexibility index (Phi) is 6.20. The van der Waals surface area contributed by atoms with Gasteiger partial charge in [0.25, 0.3) is 5.91 Å². The van der Waals surface area contributed by atoms with E-state index in [1.165, 1.54) is 30.3 Å². The van der Waals surface area contributed by atoms with Crippen LogP contribution in [0.25, 0.3) is 0 Å². The fraction of sp³-hybridized carbons (Fsp3) is 0.176. The summed E-state index contributed by atoms with van der Waals surface area (Å²) < 4.78 is 55.8. The Bertz CT molecular complexity index is 807. The van der Waals surface area contributed by atoms with E-state index in [4.69, 9.17) is 16.3 Å². The highest BCUT2D eigenvalue weighted by atomic mass is 35.5. The summed E-state index contributed by atoms with van der Waals surface area (Å²) >= 11 is 5.48. The lowest BCUT2D eigenvalue weighted by Gasteiger charge is -2.12. The van der Waals surface area contributed by atoms with Gasteiger partial charge in [0.1, 0.15) is 5.82 Å². The number of ether oxygens (including phenoxy) is 1. The molecule has 0 heterocycles. The maximum Gasteiger partial charge on any atom is 0.417 e. The summed E-state index contributed by atoms with van der Waals surface area (Å²) in [5.74, 6) is -2.01. The molecule has 2 rings (SSSR count). The third-order valence-corrected chi connectivity index (χ3v) is 3.51. The number of rotatable bonds is 5. The molecule has 0 aliphatic heterocycles. The van der Waals surface area contributed by atoms with E-state index in [9.17, 15) is 27.2 Å². The van der Waals surface area contributed by atoms with Crippen molar-refractivity contribution >= 4 is 29.2 Å². The van der Waals surface area contributed by atoms with Crippen LogP contribution in [-0.2, 0) is 26.9 Å². The minimum atomic E-state index is -4.67. The van der Waals surface area contributed by atoms with Crippen molar-refractivity contribution in [1.82, 2.24) is 0 Å². The lowest BCUT2D eigenvalue weighted by Crippen LogP contribution is -2.22. The second-order valence-electron chi connectivity index (χ2n) is 5.20. The van der Waals surface area contributed by atoms with E-state index in [1.54, 1.807) is 0 Å². The molecule has 0 saturated carbocycles. The van der Waals surface area contributed by atoms with Crippen LogP contribution in [0.1, 0.15) is 11.1 Å². The quantitative estimate of drug-likeness (QED) is 0.615. The Morgan fingerprint density at radius 3 is 2.35 bits per heavy atom. The summed E-state index contributed by atoms with van der Waals surface area (Å²) in [5.41, 5.74) is -0.740. The zero-order valence-corrected chi connectivity index (χ0v) is 13.8. The zero-order chi connectivity index (χ0) is 19.3. The lowest BCUT2D eigenvalue weighted by molar-refractivity contribution is -0.146. The van der Waals surface area contributed by atoms with Crippen molar-refractivity contribution in [3.05, 3.63) is 64.4 Å². The predicted octanol–water partition coefficient (Wildman–Crippen LogP) is 4.22. The highest BCUT2D eigenvalue weighted by Gasteiger charge is 2.33. The van der Waals surface area contributed by atoms with Crippen molar-refractivity contribution in [1.29, 1.82) is 0 Å². The van der Waals surface area contributed by atoms with Crippen molar-refractivity contribution in [2.45, 2.75) is 12.6 Å². The SMILES string of the molecule is O=C(COC(=O)Cc1ccc(F)cc1)Nc1ccc(Cl)c(C(F)(F)F)c1. The molecule has 9 heteroatoms. The van der Waals surface area contributed by atoms with Crippen LogP contribution in [0.3, 0.4) is 0 Å². The normalized spacial score (nSPS) is 11.1. The number of hydrogen-bond donors (Lipinski definition) is 1. The first-order chi connectivity index (χ1) is 12.1. The lowest BCUT2D eigenvalue weighted by atomic mass is 10.1. The Hall–Kier alpha value is -2.61. The van der Waals surface area contributed by atoms with Gasteiger partial charge in [-0.1, -0.05) is 23.7 Å². The molecular formula is C17H12ClF4NO3. The molecule has 0 radical (unpaired) electrons. The molecular weight excluding hydrogens is 378 g/mol. The molecule has 0 aromatic heterocycles. The summed E-state index contributed by atoms with van der Waals surface area (Å²) in [4.78, 5) is 23.3. The predicted molar refractivity (Wildman–Crippen MR) is 86.1 cm³/mol. The van der Waals surface area contributed by atoms with Gasteiger partial charge in [-0.3, -0.25) is 9.59 Å². The van der Waals surface area contributed by atoms with Crippen molar-refractivity contribution in [2.24, 2.45) is 0 Å². The van der Waals surface area contributed by atoms with Crippen LogP contribution in [0.15, 0.2) is 42.5 Å². The molecule has 1 amide bonds. The summed E-state index contributed by atoms with van der Waals surface area (Å²) in [6, 6.07) is 8.01. The van der Waals surface area contributed by atoms with E-state index in [1.807, 2.05) is 0 Å². The van der Waals surface area contributed by atoms with Gasteiger partial charge in [0.05, 0.1) is 17.0 Å². The molecule has 2 aromatic carbocycles. The summed E-state index contributed by atoms with van der Waals surface area (Å²) in [6.07, 6.45) is -4.84. The molecule has 4 nitrogen and oxygen atoms in total. The molecule has 0 saturated heterocycles. The number of carbonyl (C=O) groups excluding carboxylic acids is 2. The smallest absolute Gasteiger partial charge is 0.417 e. The summed E-state index contributed by atoms with van der Waals surface area (Å²) in [5, 5.41) is 1.69. The van der Waals surface area contributed by atoms with E-state index in [-0.39, 0.29) is 12.1 Å². The van der Waals surface area contributed by atoms with Gasteiger partial charge >= 0.3 is 12.1 Å². The second kappa shape index (κ2) is 8.18. The van der Waals surface area contributed by atoms with Gasteiger partial charge in [0.2, 0.25) is 0 Å². The third-order valence-electron chi connectivity index (χ3n) is 3.18. The maximum absolute atomic E-state index is 12.8. The Labute approximate surface area is 150 Å². The van der Waals surface area contributed by atoms with Crippen LogP contribution in [-0.4, -0.2) is 18.5 Å².